The number of hydrogen-bond acceptors (Lipinski definition) is 3. The summed E-state index contributed by atoms with van der Waals surface area (Å²) in [7, 11) is 0. The van der Waals surface area contributed by atoms with E-state index in [4.69, 9.17) is 16.9 Å². The number of rotatable bonds is 3. The van der Waals surface area contributed by atoms with E-state index in [0.717, 1.165) is 5.56 Å². The van der Waals surface area contributed by atoms with Crippen molar-refractivity contribution >= 4 is 28.9 Å². The number of aryl methyl sites for hydroxylation is 1. The SMILES string of the molecule is Cc1ccc(C(=O)O)c(Nc2cc(Cl)ccc2C#N)c1. The molecule has 2 rings (SSSR count). The van der Waals surface area contributed by atoms with Crippen molar-refractivity contribution in [3.63, 3.8) is 0 Å². The lowest BCUT2D eigenvalue weighted by molar-refractivity contribution is 0.0698. The number of aromatic carboxylic acids is 1. The van der Waals surface area contributed by atoms with Gasteiger partial charge in [0.25, 0.3) is 0 Å². The van der Waals surface area contributed by atoms with Gasteiger partial charge in [-0.3, -0.25) is 0 Å². The van der Waals surface area contributed by atoms with Crippen LogP contribution in [0.2, 0.25) is 5.02 Å². The molecule has 20 heavy (non-hydrogen) atoms. The summed E-state index contributed by atoms with van der Waals surface area (Å²) in [5.74, 6) is -1.03. The lowest BCUT2D eigenvalue weighted by Gasteiger charge is -2.12. The quantitative estimate of drug-likeness (QED) is 0.895. The summed E-state index contributed by atoms with van der Waals surface area (Å²) in [5, 5.41) is 21.7. The van der Waals surface area contributed by atoms with Gasteiger partial charge in [-0.2, -0.15) is 5.26 Å². The van der Waals surface area contributed by atoms with Crippen LogP contribution in [0.5, 0.6) is 0 Å². The Kier molecular flexibility index (Phi) is 3.92. The first-order valence-corrected chi connectivity index (χ1v) is 6.19. The van der Waals surface area contributed by atoms with Crippen molar-refractivity contribution in [2.75, 3.05) is 5.32 Å². The second-order valence-corrected chi connectivity index (χ2v) is 4.72. The highest BCUT2D eigenvalue weighted by atomic mass is 35.5. The molecule has 2 aromatic rings. The van der Waals surface area contributed by atoms with Crippen LogP contribution in [0.1, 0.15) is 21.5 Å². The molecule has 0 unspecified atom stereocenters. The van der Waals surface area contributed by atoms with E-state index in [1.165, 1.54) is 6.07 Å². The second kappa shape index (κ2) is 5.64. The van der Waals surface area contributed by atoms with Crippen molar-refractivity contribution in [1.29, 1.82) is 5.26 Å². The Morgan fingerprint density at radius 1 is 1.25 bits per heavy atom. The molecular weight excluding hydrogens is 276 g/mol. The molecule has 0 spiro atoms. The molecule has 0 fully saturated rings. The summed E-state index contributed by atoms with van der Waals surface area (Å²) >= 11 is 5.91. The molecule has 4 nitrogen and oxygen atoms in total. The van der Waals surface area contributed by atoms with Crippen molar-refractivity contribution in [2.45, 2.75) is 6.92 Å². The molecule has 5 heteroatoms. The van der Waals surface area contributed by atoms with E-state index < -0.39 is 5.97 Å². The van der Waals surface area contributed by atoms with E-state index in [9.17, 15) is 9.90 Å². The largest absolute Gasteiger partial charge is 0.478 e. The first kappa shape index (κ1) is 13.9. The lowest BCUT2D eigenvalue weighted by atomic mass is 10.1. The molecular formula is C15H11ClN2O2. The van der Waals surface area contributed by atoms with Gasteiger partial charge in [-0.05, 0) is 42.8 Å². The number of nitrogens with zero attached hydrogens (tertiary/aromatic N) is 1. The van der Waals surface area contributed by atoms with Crippen LogP contribution >= 0.6 is 11.6 Å². The minimum Gasteiger partial charge on any atom is -0.478 e. The Morgan fingerprint density at radius 3 is 2.65 bits per heavy atom. The van der Waals surface area contributed by atoms with E-state index in [0.29, 0.717) is 22.0 Å². The molecule has 0 bridgehead atoms. The van der Waals surface area contributed by atoms with Crippen molar-refractivity contribution in [3.05, 3.63) is 58.1 Å². The number of nitrogens with one attached hydrogen (secondary N) is 1. The zero-order chi connectivity index (χ0) is 14.7. The van der Waals surface area contributed by atoms with Crippen LogP contribution < -0.4 is 5.32 Å². The van der Waals surface area contributed by atoms with Crippen molar-refractivity contribution in [1.82, 2.24) is 0 Å². The Labute approximate surface area is 121 Å². The van der Waals surface area contributed by atoms with Crippen LogP contribution in [0.4, 0.5) is 11.4 Å². The molecule has 0 amide bonds. The van der Waals surface area contributed by atoms with E-state index in [2.05, 4.69) is 5.32 Å². The summed E-state index contributed by atoms with van der Waals surface area (Å²) < 4.78 is 0. The maximum absolute atomic E-state index is 11.2. The Bertz CT molecular complexity index is 720. The van der Waals surface area contributed by atoms with Gasteiger partial charge < -0.3 is 10.4 Å². The fraction of sp³-hybridized carbons (Fsp3) is 0.0667. The van der Waals surface area contributed by atoms with Crippen LogP contribution in [-0.4, -0.2) is 11.1 Å². The van der Waals surface area contributed by atoms with Gasteiger partial charge in [-0.25, -0.2) is 4.79 Å². The highest BCUT2D eigenvalue weighted by Gasteiger charge is 2.12. The van der Waals surface area contributed by atoms with Crippen LogP contribution in [-0.2, 0) is 0 Å². The van der Waals surface area contributed by atoms with Crippen molar-refractivity contribution in [3.8, 4) is 6.07 Å². The van der Waals surface area contributed by atoms with Gasteiger partial charge in [0.1, 0.15) is 6.07 Å². The predicted octanol–water partition coefficient (Wildman–Crippen LogP) is 3.96. The summed E-state index contributed by atoms with van der Waals surface area (Å²) in [6.45, 7) is 1.86. The first-order chi connectivity index (χ1) is 9.51. The van der Waals surface area contributed by atoms with Gasteiger partial charge in [0.15, 0.2) is 0 Å². The number of carboxylic acids is 1. The zero-order valence-electron chi connectivity index (χ0n) is 10.6. The first-order valence-electron chi connectivity index (χ1n) is 5.82. The van der Waals surface area contributed by atoms with E-state index in [-0.39, 0.29) is 5.56 Å². The molecule has 2 aromatic carbocycles. The highest BCUT2D eigenvalue weighted by molar-refractivity contribution is 6.30. The van der Waals surface area contributed by atoms with Gasteiger partial charge in [0.2, 0.25) is 0 Å². The number of carbonyl (C=O) groups is 1. The Balaban J connectivity index is 2.50. The average Bonchev–Trinajstić information content (AvgIpc) is 2.38. The second-order valence-electron chi connectivity index (χ2n) is 4.28. The molecule has 2 N–H and O–H groups in total. The van der Waals surface area contributed by atoms with Gasteiger partial charge in [-0.15, -0.1) is 0 Å². The zero-order valence-corrected chi connectivity index (χ0v) is 11.4. The average molecular weight is 287 g/mol. The van der Waals surface area contributed by atoms with Crippen molar-refractivity contribution in [2.24, 2.45) is 0 Å². The monoisotopic (exact) mass is 286 g/mol. The molecule has 0 aliphatic heterocycles. The third-order valence-corrected chi connectivity index (χ3v) is 3.01. The minimum absolute atomic E-state index is 0.138. The van der Waals surface area contributed by atoms with Crippen LogP contribution in [0.15, 0.2) is 36.4 Å². The van der Waals surface area contributed by atoms with E-state index >= 15 is 0 Å². The predicted molar refractivity (Wildman–Crippen MR) is 77.6 cm³/mol. The van der Waals surface area contributed by atoms with Gasteiger partial charge in [-0.1, -0.05) is 17.7 Å². The summed E-state index contributed by atoms with van der Waals surface area (Å²) in [6.07, 6.45) is 0. The lowest BCUT2D eigenvalue weighted by Crippen LogP contribution is -2.04. The third-order valence-electron chi connectivity index (χ3n) is 2.78. The maximum atomic E-state index is 11.2. The molecule has 0 aliphatic rings. The summed E-state index contributed by atoms with van der Waals surface area (Å²) in [5.41, 5.74) is 2.36. The fourth-order valence-corrected chi connectivity index (χ4v) is 1.98. The molecule has 0 saturated heterocycles. The maximum Gasteiger partial charge on any atom is 0.337 e. The highest BCUT2D eigenvalue weighted by Crippen LogP contribution is 2.27. The molecule has 0 radical (unpaired) electrons. The minimum atomic E-state index is -1.03. The number of halogens is 1. The smallest absolute Gasteiger partial charge is 0.337 e. The van der Waals surface area contributed by atoms with Crippen LogP contribution in [0.3, 0.4) is 0 Å². The molecule has 0 heterocycles. The normalized spacial score (nSPS) is 9.85. The number of nitriles is 1. The molecule has 0 saturated carbocycles. The Morgan fingerprint density at radius 2 is 2.00 bits per heavy atom. The van der Waals surface area contributed by atoms with Gasteiger partial charge in [0, 0.05) is 5.02 Å². The molecule has 0 atom stereocenters. The topological polar surface area (TPSA) is 73.1 Å². The molecule has 0 aromatic heterocycles. The third kappa shape index (κ3) is 2.90. The Hall–Kier alpha value is -2.51. The standard InChI is InChI=1S/C15H11ClN2O2/c1-9-2-5-12(15(19)20)14(6-9)18-13-7-11(16)4-3-10(13)8-17/h2-7,18H,1H3,(H,19,20). The van der Waals surface area contributed by atoms with Gasteiger partial charge >= 0.3 is 5.97 Å². The molecule has 0 aliphatic carbocycles. The van der Waals surface area contributed by atoms with E-state index in [1.54, 1.807) is 30.3 Å². The summed E-state index contributed by atoms with van der Waals surface area (Å²) in [6, 6.07) is 11.8. The van der Waals surface area contributed by atoms with E-state index in [1.807, 2.05) is 13.0 Å². The van der Waals surface area contributed by atoms with Crippen molar-refractivity contribution < 1.29 is 9.90 Å². The van der Waals surface area contributed by atoms with Gasteiger partial charge in [0.05, 0.1) is 22.5 Å². The number of hydrogen-bond donors (Lipinski definition) is 2. The summed E-state index contributed by atoms with van der Waals surface area (Å²) in [4.78, 5) is 11.2. The number of benzene rings is 2. The number of anilines is 2. The van der Waals surface area contributed by atoms with Crippen LogP contribution in [0.25, 0.3) is 0 Å². The number of carboxylic acid groups (broad SMARTS) is 1. The molecule has 100 valence electrons. The van der Waals surface area contributed by atoms with Crippen LogP contribution in [0, 0.1) is 18.3 Å². The fourth-order valence-electron chi connectivity index (χ4n) is 1.81.